The van der Waals surface area contributed by atoms with Crippen LogP contribution in [0.3, 0.4) is 0 Å². The predicted octanol–water partition coefficient (Wildman–Crippen LogP) is 4.19. The Bertz CT molecular complexity index is 562. The van der Waals surface area contributed by atoms with Crippen molar-refractivity contribution < 1.29 is 9.50 Å². The maximum atomic E-state index is 13.2. The Hall–Kier alpha value is -0.910. The van der Waals surface area contributed by atoms with Gasteiger partial charge in [-0.2, -0.15) is 0 Å². The molecule has 0 aliphatic heterocycles. The lowest BCUT2D eigenvalue weighted by Crippen LogP contribution is -1.95. The van der Waals surface area contributed by atoms with Gasteiger partial charge in [0.2, 0.25) is 0 Å². The van der Waals surface area contributed by atoms with E-state index >= 15 is 0 Å². The van der Waals surface area contributed by atoms with E-state index in [1.54, 1.807) is 19.2 Å². The van der Waals surface area contributed by atoms with Crippen molar-refractivity contribution in [3.8, 4) is 0 Å². The van der Waals surface area contributed by atoms with Crippen molar-refractivity contribution >= 4 is 27.7 Å². The molecule has 0 aliphatic carbocycles. The fourth-order valence-corrected chi connectivity index (χ4v) is 2.96. The van der Waals surface area contributed by atoms with Gasteiger partial charge in [-0.1, -0.05) is 11.8 Å². The van der Waals surface area contributed by atoms with Crippen LogP contribution in [0.5, 0.6) is 0 Å². The van der Waals surface area contributed by atoms with Gasteiger partial charge < -0.3 is 5.11 Å². The highest BCUT2D eigenvalue weighted by Gasteiger charge is 2.12. The number of rotatable bonds is 3. The summed E-state index contributed by atoms with van der Waals surface area (Å²) in [6.45, 7) is 1.62. The zero-order chi connectivity index (χ0) is 13.1. The van der Waals surface area contributed by atoms with Crippen LogP contribution < -0.4 is 0 Å². The van der Waals surface area contributed by atoms with Gasteiger partial charge in [-0.25, -0.2) is 9.37 Å². The molecule has 1 aromatic heterocycles. The molecule has 0 spiro atoms. The van der Waals surface area contributed by atoms with E-state index in [9.17, 15) is 9.50 Å². The molecule has 2 rings (SSSR count). The zero-order valence-electron chi connectivity index (χ0n) is 9.60. The highest BCUT2D eigenvalue weighted by molar-refractivity contribution is 9.10. The summed E-state index contributed by atoms with van der Waals surface area (Å²) in [5.74, 6) is -0.352. The molecule has 0 amide bonds. The standard InChI is InChI=1S/C13H11BrFNOS/c1-8(17)10-7-9(15)4-5-12(10)18-13-11(14)3-2-6-16-13/h2-8,17H,1H3/t8-/m1/s1. The molecule has 94 valence electrons. The van der Waals surface area contributed by atoms with Crippen LogP contribution in [0.4, 0.5) is 4.39 Å². The third kappa shape index (κ3) is 3.10. The molecule has 0 aliphatic rings. The molecular formula is C13H11BrFNOS. The number of benzene rings is 1. The summed E-state index contributed by atoms with van der Waals surface area (Å²) < 4.78 is 14.1. The van der Waals surface area contributed by atoms with Crippen LogP contribution in [0.1, 0.15) is 18.6 Å². The first kappa shape index (κ1) is 13.5. The molecule has 0 radical (unpaired) electrons. The molecule has 1 N–H and O–H groups in total. The minimum atomic E-state index is -0.717. The zero-order valence-corrected chi connectivity index (χ0v) is 12.0. The van der Waals surface area contributed by atoms with Crippen LogP contribution in [0.15, 0.2) is 50.9 Å². The average Bonchev–Trinajstić information content (AvgIpc) is 2.34. The Kier molecular flexibility index (Phi) is 4.37. The van der Waals surface area contributed by atoms with Crippen molar-refractivity contribution in [1.82, 2.24) is 4.98 Å². The van der Waals surface area contributed by atoms with Crippen molar-refractivity contribution in [2.24, 2.45) is 0 Å². The van der Waals surface area contributed by atoms with Gasteiger partial charge >= 0.3 is 0 Å². The van der Waals surface area contributed by atoms with E-state index < -0.39 is 6.10 Å². The molecular weight excluding hydrogens is 317 g/mol. The fourth-order valence-electron chi connectivity index (χ4n) is 1.49. The molecule has 18 heavy (non-hydrogen) atoms. The summed E-state index contributed by atoms with van der Waals surface area (Å²) in [7, 11) is 0. The number of hydrogen-bond donors (Lipinski definition) is 1. The van der Waals surface area contributed by atoms with Crippen LogP contribution in [-0.2, 0) is 0 Å². The van der Waals surface area contributed by atoms with E-state index in [0.717, 1.165) is 14.4 Å². The average molecular weight is 328 g/mol. The third-order valence-corrected chi connectivity index (χ3v) is 4.37. The maximum absolute atomic E-state index is 13.2. The second-order valence-electron chi connectivity index (χ2n) is 3.75. The first-order valence-corrected chi connectivity index (χ1v) is 6.95. The number of aliphatic hydroxyl groups excluding tert-OH is 1. The second-order valence-corrected chi connectivity index (χ2v) is 5.64. The van der Waals surface area contributed by atoms with Crippen molar-refractivity contribution in [3.63, 3.8) is 0 Å². The fraction of sp³-hybridized carbons (Fsp3) is 0.154. The van der Waals surface area contributed by atoms with Crippen LogP contribution in [-0.4, -0.2) is 10.1 Å². The number of halogens is 2. The lowest BCUT2D eigenvalue weighted by molar-refractivity contribution is 0.196. The Morgan fingerprint density at radius 3 is 2.83 bits per heavy atom. The number of aromatic nitrogens is 1. The van der Waals surface area contributed by atoms with Gasteiger partial charge in [-0.15, -0.1) is 0 Å². The third-order valence-electron chi connectivity index (χ3n) is 2.35. The summed E-state index contributed by atoms with van der Waals surface area (Å²) >= 11 is 4.80. The Morgan fingerprint density at radius 1 is 1.39 bits per heavy atom. The monoisotopic (exact) mass is 327 g/mol. The summed E-state index contributed by atoms with van der Waals surface area (Å²) in [6.07, 6.45) is 0.976. The molecule has 0 saturated carbocycles. The molecule has 1 heterocycles. The summed E-state index contributed by atoms with van der Waals surface area (Å²) in [5, 5.41) is 10.4. The smallest absolute Gasteiger partial charge is 0.123 e. The summed E-state index contributed by atoms with van der Waals surface area (Å²) in [4.78, 5) is 5.03. The number of aliphatic hydroxyl groups is 1. The molecule has 1 atom stereocenters. The normalized spacial score (nSPS) is 12.4. The van der Waals surface area contributed by atoms with Crippen molar-refractivity contribution in [3.05, 3.63) is 52.4 Å². The predicted molar refractivity (Wildman–Crippen MR) is 73.1 cm³/mol. The van der Waals surface area contributed by atoms with Crippen LogP contribution >= 0.6 is 27.7 Å². The van der Waals surface area contributed by atoms with Gasteiger partial charge in [-0.05, 0) is 58.7 Å². The molecule has 0 fully saturated rings. The van der Waals surface area contributed by atoms with E-state index in [-0.39, 0.29) is 5.82 Å². The second kappa shape index (κ2) is 5.82. The SMILES string of the molecule is C[C@@H](O)c1cc(F)ccc1Sc1ncccc1Br. The molecule has 0 unspecified atom stereocenters. The number of hydrogen-bond acceptors (Lipinski definition) is 3. The van der Waals surface area contributed by atoms with E-state index in [2.05, 4.69) is 20.9 Å². The van der Waals surface area contributed by atoms with Gasteiger partial charge in [0.25, 0.3) is 0 Å². The largest absolute Gasteiger partial charge is 0.389 e. The maximum Gasteiger partial charge on any atom is 0.123 e. The molecule has 0 bridgehead atoms. The van der Waals surface area contributed by atoms with E-state index in [4.69, 9.17) is 0 Å². The van der Waals surface area contributed by atoms with Crippen LogP contribution in [0.2, 0.25) is 0 Å². The van der Waals surface area contributed by atoms with Gasteiger partial charge in [-0.3, -0.25) is 0 Å². The molecule has 0 saturated heterocycles. The highest BCUT2D eigenvalue weighted by Crippen LogP contribution is 2.35. The van der Waals surface area contributed by atoms with Crippen molar-refractivity contribution in [2.75, 3.05) is 0 Å². The number of nitrogens with zero attached hydrogens (tertiary/aromatic N) is 1. The molecule has 2 nitrogen and oxygen atoms in total. The van der Waals surface area contributed by atoms with E-state index in [0.29, 0.717) is 5.56 Å². The van der Waals surface area contributed by atoms with Crippen LogP contribution in [0, 0.1) is 5.82 Å². The van der Waals surface area contributed by atoms with Gasteiger partial charge in [0.1, 0.15) is 10.8 Å². The first-order chi connectivity index (χ1) is 8.58. The Labute approximate surface area is 117 Å². The first-order valence-electron chi connectivity index (χ1n) is 5.34. The van der Waals surface area contributed by atoms with Crippen molar-refractivity contribution in [1.29, 1.82) is 0 Å². The summed E-state index contributed by atoms with van der Waals surface area (Å²) in [5.41, 5.74) is 0.567. The lowest BCUT2D eigenvalue weighted by Gasteiger charge is -2.11. The highest BCUT2D eigenvalue weighted by atomic mass is 79.9. The Balaban J connectivity index is 2.37. The molecule has 2 aromatic rings. The van der Waals surface area contributed by atoms with Crippen molar-refractivity contribution in [2.45, 2.75) is 22.9 Å². The molecule has 5 heteroatoms. The quantitative estimate of drug-likeness (QED) is 0.917. The Morgan fingerprint density at radius 2 is 2.17 bits per heavy atom. The van der Waals surface area contributed by atoms with Gasteiger partial charge in [0.05, 0.1) is 10.6 Å². The lowest BCUT2D eigenvalue weighted by atomic mass is 10.1. The minimum Gasteiger partial charge on any atom is -0.389 e. The topological polar surface area (TPSA) is 33.1 Å². The summed E-state index contributed by atoms with van der Waals surface area (Å²) in [6, 6.07) is 8.10. The van der Waals surface area contributed by atoms with E-state index in [1.807, 2.05) is 12.1 Å². The van der Waals surface area contributed by atoms with Gasteiger partial charge in [0.15, 0.2) is 0 Å². The molecule has 1 aromatic carbocycles. The minimum absolute atomic E-state index is 0.352. The number of pyridine rings is 1. The van der Waals surface area contributed by atoms with Gasteiger partial charge in [0, 0.05) is 11.1 Å². The van der Waals surface area contributed by atoms with E-state index in [1.165, 1.54) is 23.9 Å². The van der Waals surface area contributed by atoms with Crippen LogP contribution in [0.25, 0.3) is 0 Å².